The Morgan fingerprint density at radius 2 is 0.638 bits per heavy atom. The fourth-order valence-corrected chi connectivity index (χ4v) is 6.54. The molecule has 0 saturated heterocycles. The molecular formula is C43H78O4. The van der Waals surface area contributed by atoms with Crippen LogP contribution in [0.4, 0.5) is 0 Å². The quantitative estimate of drug-likeness (QED) is 0.0723. The molecule has 0 aromatic heterocycles. The van der Waals surface area contributed by atoms with Gasteiger partial charge in [-0.15, -0.1) is 0 Å². The lowest BCUT2D eigenvalue weighted by molar-refractivity contribution is 0.0695. The van der Waals surface area contributed by atoms with E-state index in [4.69, 9.17) is 9.47 Å². The van der Waals surface area contributed by atoms with Crippen molar-refractivity contribution in [1.82, 2.24) is 0 Å². The zero-order chi connectivity index (χ0) is 33.9. The number of rotatable bonds is 37. The van der Waals surface area contributed by atoms with Crippen molar-refractivity contribution in [3.63, 3.8) is 0 Å². The van der Waals surface area contributed by atoms with Crippen LogP contribution >= 0.6 is 0 Å². The van der Waals surface area contributed by atoms with E-state index in [1.54, 1.807) is 12.1 Å². The highest BCUT2D eigenvalue weighted by molar-refractivity contribution is 5.88. The summed E-state index contributed by atoms with van der Waals surface area (Å²) in [7, 11) is 0. The van der Waals surface area contributed by atoms with Crippen LogP contribution in [-0.4, -0.2) is 24.3 Å². The molecule has 0 atom stereocenters. The number of carboxylic acids is 1. The van der Waals surface area contributed by atoms with Gasteiger partial charge in [0.25, 0.3) is 0 Å². The predicted molar refractivity (Wildman–Crippen MR) is 203 cm³/mol. The number of benzene rings is 1. The van der Waals surface area contributed by atoms with Gasteiger partial charge in [-0.2, -0.15) is 0 Å². The van der Waals surface area contributed by atoms with Crippen LogP contribution in [0.2, 0.25) is 0 Å². The van der Waals surface area contributed by atoms with E-state index in [0.717, 1.165) is 12.8 Å². The zero-order valence-electron chi connectivity index (χ0n) is 31.4. The molecule has 0 aliphatic rings. The molecule has 0 bridgehead atoms. The van der Waals surface area contributed by atoms with Crippen LogP contribution in [-0.2, 0) is 0 Å². The molecule has 1 rings (SSSR count). The molecule has 274 valence electrons. The van der Waals surface area contributed by atoms with Crippen LogP contribution in [0.1, 0.15) is 230 Å². The number of ether oxygens (including phenoxy) is 2. The third-order valence-electron chi connectivity index (χ3n) is 9.66. The van der Waals surface area contributed by atoms with Crippen LogP contribution in [0.15, 0.2) is 18.2 Å². The predicted octanol–water partition coefficient (Wildman–Crippen LogP) is 14.7. The van der Waals surface area contributed by atoms with Crippen LogP contribution in [0.25, 0.3) is 0 Å². The van der Waals surface area contributed by atoms with Gasteiger partial charge in [-0.3, -0.25) is 0 Å². The summed E-state index contributed by atoms with van der Waals surface area (Å²) in [6.07, 6.45) is 43.1. The van der Waals surface area contributed by atoms with Crippen molar-refractivity contribution < 1.29 is 19.4 Å². The molecule has 1 aromatic carbocycles. The summed E-state index contributed by atoms with van der Waals surface area (Å²) in [6, 6.07) is 5.10. The van der Waals surface area contributed by atoms with E-state index in [-0.39, 0.29) is 5.56 Å². The Bertz CT molecular complexity index is 751. The van der Waals surface area contributed by atoms with Gasteiger partial charge >= 0.3 is 5.97 Å². The molecule has 0 spiro atoms. The van der Waals surface area contributed by atoms with Crippen LogP contribution < -0.4 is 9.47 Å². The maximum Gasteiger partial charge on any atom is 0.335 e. The lowest BCUT2D eigenvalue weighted by Crippen LogP contribution is -2.03. The van der Waals surface area contributed by atoms with Gasteiger partial charge in [0, 0.05) is 6.07 Å². The number of hydrogen-bond acceptors (Lipinski definition) is 3. The molecule has 4 heteroatoms. The number of hydrogen-bond donors (Lipinski definition) is 1. The molecule has 0 radical (unpaired) electrons. The molecule has 1 N–H and O–H groups in total. The number of carbonyl (C=O) groups is 1. The first-order valence-electron chi connectivity index (χ1n) is 20.8. The molecule has 4 nitrogen and oxygen atoms in total. The highest BCUT2D eigenvalue weighted by Gasteiger charge is 2.09. The van der Waals surface area contributed by atoms with Crippen molar-refractivity contribution in [2.75, 3.05) is 13.2 Å². The second-order valence-electron chi connectivity index (χ2n) is 14.3. The Balaban J connectivity index is 2.01. The summed E-state index contributed by atoms with van der Waals surface area (Å²) < 4.78 is 11.9. The monoisotopic (exact) mass is 659 g/mol. The summed E-state index contributed by atoms with van der Waals surface area (Å²) in [4.78, 5) is 11.7. The van der Waals surface area contributed by atoms with E-state index in [1.165, 1.54) is 193 Å². The average Bonchev–Trinajstić information content (AvgIpc) is 3.07. The second kappa shape index (κ2) is 34.2. The van der Waals surface area contributed by atoms with E-state index < -0.39 is 5.97 Å². The standard InChI is InChI=1S/C43H78O4/c1-3-5-7-9-11-13-15-17-19-21-23-25-27-29-31-33-35-46-41-37-40(43(44)45)38-42(39-41)47-36-34-32-30-28-26-24-22-20-18-16-14-12-10-8-6-4-2/h37-39H,3-36H2,1-2H3,(H,44,45). The minimum Gasteiger partial charge on any atom is -0.493 e. The van der Waals surface area contributed by atoms with Crippen molar-refractivity contribution in [1.29, 1.82) is 0 Å². The molecule has 0 aliphatic heterocycles. The fourth-order valence-electron chi connectivity index (χ4n) is 6.54. The molecule has 0 heterocycles. The number of carboxylic acid groups (broad SMARTS) is 1. The maximum atomic E-state index is 11.7. The van der Waals surface area contributed by atoms with E-state index in [0.29, 0.717) is 24.7 Å². The third-order valence-corrected chi connectivity index (χ3v) is 9.66. The number of unbranched alkanes of at least 4 members (excludes halogenated alkanes) is 30. The maximum absolute atomic E-state index is 11.7. The Hall–Kier alpha value is -1.71. The van der Waals surface area contributed by atoms with Crippen molar-refractivity contribution in [2.45, 2.75) is 219 Å². The fraction of sp³-hybridized carbons (Fsp3) is 0.837. The first kappa shape index (κ1) is 43.3. The van der Waals surface area contributed by atoms with Gasteiger partial charge in [0.2, 0.25) is 0 Å². The van der Waals surface area contributed by atoms with Gasteiger partial charge in [0.1, 0.15) is 11.5 Å². The molecule has 0 unspecified atom stereocenters. The number of aromatic carboxylic acids is 1. The smallest absolute Gasteiger partial charge is 0.335 e. The Kier molecular flexibility index (Phi) is 31.5. The van der Waals surface area contributed by atoms with Crippen molar-refractivity contribution >= 4 is 5.97 Å². The topological polar surface area (TPSA) is 55.8 Å². The summed E-state index contributed by atoms with van der Waals surface area (Å²) in [5, 5.41) is 9.56. The highest BCUT2D eigenvalue weighted by atomic mass is 16.5. The molecular weight excluding hydrogens is 580 g/mol. The van der Waals surface area contributed by atoms with E-state index in [9.17, 15) is 9.90 Å². The summed E-state index contributed by atoms with van der Waals surface area (Å²) in [6.45, 7) is 5.82. The molecule has 0 aliphatic carbocycles. The lowest BCUT2D eigenvalue weighted by atomic mass is 10.0. The minimum atomic E-state index is -0.940. The summed E-state index contributed by atoms with van der Waals surface area (Å²) in [5.74, 6) is 0.269. The summed E-state index contributed by atoms with van der Waals surface area (Å²) >= 11 is 0. The molecule has 0 fully saturated rings. The Labute approximate surface area is 292 Å². The second-order valence-corrected chi connectivity index (χ2v) is 14.3. The lowest BCUT2D eigenvalue weighted by Gasteiger charge is -2.11. The zero-order valence-corrected chi connectivity index (χ0v) is 31.4. The SMILES string of the molecule is CCCCCCCCCCCCCCCCCCOc1cc(OCCCCCCCCCCCCCCCCCC)cc(C(=O)O)c1. The third kappa shape index (κ3) is 29.0. The van der Waals surface area contributed by atoms with Gasteiger partial charge in [0.05, 0.1) is 18.8 Å². The van der Waals surface area contributed by atoms with Crippen molar-refractivity contribution in [3.05, 3.63) is 23.8 Å². The first-order chi connectivity index (χ1) is 23.2. The van der Waals surface area contributed by atoms with E-state index >= 15 is 0 Å². The van der Waals surface area contributed by atoms with Crippen LogP contribution in [0.5, 0.6) is 11.5 Å². The van der Waals surface area contributed by atoms with Crippen LogP contribution in [0.3, 0.4) is 0 Å². The van der Waals surface area contributed by atoms with Gasteiger partial charge in [-0.1, -0.05) is 206 Å². The molecule has 0 amide bonds. The van der Waals surface area contributed by atoms with E-state index in [2.05, 4.69) is 13.8 Å². The molecule has 47 heavy (non-hydrogen) atoms. The van der Waals surface area contributed by atoms with Gasteiger partial charge in [-0.05, 0) is 25.0 Å². The first-order valence-corrected chi connectivity index (χ1v) is 20.8. The van der Waals surface area contributed by atoms with Gasteiger partial charge in [0.15, 0.2) is 0 Å². The van der Waals surface area contributed by atoms with Crippen LogP contribution in [0, 0.1) is 0 Å². The minimum absolute atomic E-state index is 0.233. The van der Waals surface area contributed by atoms with E-state index in [1.807, 2.05) is 6.07 Å². The molecule has 1 aromatic rings. The largest absolute Gasteiger partial charge is 0.493 e. The van der Waals surface area contributed by atoms with Crippen molar-refractivity contribution in [3.8, 4) is 11.5 Å². The normalized spacial score (nSPS) is 11.3. The highest BCUT2D eigenvalue weighted by Crippen LogP contribution is 2.24. The van der Waals surface area contributed by atoms with Crippen molar-refractivity contribution in [2.24, 2.45) is 0 Å². The average molecular weight is 659 g/mol. The summed E-state index contributed by atoms with van der Waals surface area (Å²) in [5.41, 5.74) is 0.233. The van der Waals surface area contributed by atoms with Gasteiger partial charge in [-0.25, -0.2) is 4.79 Å². The Morgan fingerprint density at radius 1 is 0.404 bits per heavy atom. The Morgan fingerprint density at radius 3 is 0.872 bits per heavy atom. The van der Waals surface area contributed by atoms with Gasteiger partial charge < -0.3 is 14.6 Å². The molecule has 0 saturated carbocycles.